The van der Waals surface area contributed by atoms with E-state index in [0.29, 0.717) is 0 Å². The molecule has 0 heterocycles. The van der Waals surface area contributed by atoms with E-state index in [-0.39, 0.29) is 12.1 Å². The lowest BCUT2D eigenvalue weighted by Crippen LogP contribution is -2.45. The van der Waals surface area contributed by atoms with Gasteiger partial charge < -0.3 is 9.47 Å². The van der Waals surface area contributed by atoms with Crippen molar-refractivity contribution in [3.05, 3.63) is 0 Å². The molecule has 0 saturated heterocycles. The van der Waals surface area contributed by atoms with E-state index in [1.807, 2.05) is 0 Å². The van der Waals surface area contributed by atoms with Crippen molar-refractivity contribution < 1.29 is 19.1 Å². The van der Waals surface area contributed by atoms with Crippen LogP contribution in [0.4, 0.5) is 4.79 Å². The highest BCUT2D eigenvalue weighted by atomic mass is 16.6. The normalized spacial score (nSPS) is 17.6. The zero-order valence-electron chi connectivity index (χ0n) is 11.9. The van der Waals surface area contributed by atoms with Crippen LogP contribution < -0.4 is 0 Å². The quantitative estimate of drug-likeness (QED) is 0.728. The first-order chi connectivity index (χ1) is 8.20. The van der Waals surface area contributed by atoms with E-state index in [0.717, 1.165) is 19.3 Å². The molecule has 0 spiro atoms. The number of hydrogen-bond donors (Lipinski definition) is 0. The largest absolute Gasteiger partial charge is 0.461 e. The van der Waals surface area contributed by atoms with Crippen LogP contribution in [-0.4, -0.2) is 41.8 Å². The molecule has 18 heavy (non-hydrogen) atoms. The summed E-state index contributed by atoms with van der Waals surface area (Å²) in [6, 6.07) is -0.625. The van der Waals surface area contributed by atoms with Crippen molar-refractivity contribution in [2.75, 3.05) is 7.05 Å². The van der Waals surface area contributed by atoms with Gasteiger partial charge in [-0.1, -0.05) is 0 Å². The minimum absolute atomic E-state index is 0.0342. The molecule has 1 rings (SSSR count). The van der Waals surface area contributed by atoms with Gasteiger partial charge in [0.2, 0.25) is 0 Å². The van der Waals surface area contributed by atoms with Crippen LogP contribution in [0.2, 0.25) is 0 Å². The summed E-state index contributed by atoms with van der Waals surface area (Å²) in [5.41, 5.74) is -0.567. The van der Waals surface area contributed by atoms with Gasteiger partial charge in [-0.3, -0.25) is 4.90 Å². The Hall–Kier alpha value is -1.26. The number of likely N-dealkylation sites (N-methyl/N-ethyl adjacent to an activating group) is 1. The van der Waals surface area contributed by atoms with Crippen molar-refractivity contribution in [3.63, 3.8) is 0 Å². The first-order valence-corrected chi connectivity index (χ1v) is 6.37. The maximum Gasteiger partial charge on any atom is 0.410 e. The summed E-state index contributed by atoms with van der Waals surface area (Å²) in [4.78, 5) is 24.8. The number of carbonyl (C=O) groups excluding carboxylic acids is 2. The molecule has 1 amide bonds. The van der Waals surface area contributed by atoms with Crippen molar-refractivity contribution in [3.8, 4) is 0 Å². The molecule has 1 atom stereocenters. The van der Waals surface area contributed by atoms with Crippen LogP contribution in [0.3, 0.4) is 0 Å². The Morgan fingerprint density at radius 2 is 1.83 bits per heavy atom. The molecule has 5 nitrogen and oxygen atoms in total. The summed E-state index contributed by atoms with van der Waals surface area (Å²) in [7, 11) is 1.54. The molecular formula is C13H23NO4. The SMILES string of the molecule is C[C@H](C(=O)OC1CCC1)N(C)C(=O)OC(C)(C)C. The Bertz CT molecular complexity index is 317. The van der Waals surface area contributed by atoms with Crippen molar-refractivity contribution in [2.45, 2.75) is 64.7 Å². The molecule has 0 aromatic carbocycles. The van der Waals surface area contributed by atoms with Gasteiger partial charge in [-0.25, -0.2) is 9.59 Å². The van der Waals surface area contributed by atoms with Gasteiger partial charge in [-0.15, -0.1) is 0 Å². The van der Waals surface area contributed by atoms with Crippen molar-refractivity contribution >= 4 is 12.1 Å². The summed E-state index contributed by atoms with van der Waals surface area (Å²) in [6.07, 6.45) is 2.48. The molecular weight excluding hydrogens is 234 g/mol. The Balaban J connectivity index is 2.45. The van der Waals surface area contributed by atoms with Gasteiger partial charge in [0, 0.05) is 7.05 Å². The van der Waals surface area contributed by atoms with Crippen LogP contribution in [0, 0.1) is 0 Å². The smallest absolute Gasteiger partial charge is 0.410 e. The van der Waals surface area contributed by atoms with Gasteiger partial charge in [-0.05, 0) is 47.0 Å². The van der Waals surface area contributed by atoms with Gasteiger partial charge in [0.25, 0.3) is 0 Å². The van der Waals surface area contributed by atoms with E-state index in [2.05, 4.69) is 0 Å². The van der Waals surface area contributed by atoms with Crippen LogP contribution in [0.5, 0.6) is 0 Å². The molecule has 0 aliphatic heterocycles. The molecule has 104 valence electrons. The predicted octanol–water partition coefficient (Wildman–Crippen LogP) is 2.34. The number of amides is 1. The number of esters is 1. The summed E-state index contributed by atoms with van der Waals surface area (Å²) in [5.74, 6) is -0.368. The zero-order valence-corrected chi connectivity index (χ0v) is 11.9. The Kier molecular flexibility index (Phi) is 4.59. The molecule has 1 saturated carbocycles. The second-order valence-corrected chi connectivity index (χ2v) is 5.76. The molecule has 1 aliphatic rings. The van der Waals surface area contributed by atoms with E-state index in [4.69, 9.17) is 9.47 Å². The first-order valence-electron chi connectivity index (χ1n) is 6.37. The molecule has 0 unspecified atom stereocenters. The molecule has 1 aliphatic carbocycles. The first kappa shape index (κ1) is 14.8. The summed E-state index contributed by atoms with van der Waals surface area (Å²) >= 11 is 0. The predicted molar refractivity (Wildman–Crippen MR) is 67.2 cm³/mol. The number of ether oxygens (including phenoxy) is 2. The number of nitrogens with zero attached hydrogens (tertiary/aromatic N) is 1. The Labute approximate surface area is 108 Å². The van der Waals surface area contributed by atoms with E-state index in [1.165, 1.54) is 4.90 Å². The highest BCUT2D eigenvalue weighted by Gasteiger charge is 2.30. The molecule has 0 aromatic heterocycles. The van der Waals surface area contributed by atoms with E-state index >= 15 is 0 Å². The van der Waals surface area contributed by atoms with Gasteiger partial charge in [0.05, 0.1) is 0 Å². The molecule has 0 bridgehead atoms. The average Bonchev–Trinajstić information content (AvgIpc) is 2.18. The summed E-state index contributed by atoms with van der Waals surface area (Å²) in [5, 5.41) is 0. The van der Waals surface area contributed by atoms with Crippen molar-refractivity contribution in [1.82, 2.24) is 4.90 Å². The third-order valence-electron chi connectivity index (χ3n) is 2.94. The van der Waals surface area contributed by atoms with Gasteiger partial charge >= 0.3 is 12.1 Å². The second-order valence-electron chi connectivity index (χ2n) is 5.76. The molecule has 5 heteroatoms. The number of carbonyl (C=O) groups is 2. The fourth-order valence-electron chi connectivity index (χ4n) is 1.40. The summed E-state index contributed by atoms with van der Waals surface area (Å²) < 4.78 is 10.5. The van der Waals surface area contributed by atoms with Crippen LogP contribution in [0.1, 0.15) is 47.0 Å². The Morgan fingerprint density at radius 1 is 1.28 bits per heavy atom. The van der Waals surface area contributed by atoms with Gasteiger partial charge in [0.15, 0.2) is 0 Å². The van der Waals surface area contributed by atoms with Crippen LogP contribution in [0.15, 0.2) is 0 Å². The minimum Gasteiger partial charge on any atom is -0.461 e. The standard InChI is InChI=1S/C13H23NO4/c1-9(11(15)17-10-7-6-8-10)14(5)12(16)18-13(2,3)4/h9-10H,6-8H2,1-5H3/t9-/m1/s1. The lowest BCUT2D eigenvalue weighted by atomic mass is 9.96. The zero-order chi connectivity index (χ0) is 13.9. The monoisotopic (exact) mass is 257 g/mol. The van der Waals surface area contributed by atoms with Crippen molar-refractivity contribution in [1.29, 1.82) is 0 Å². The summed E-state index contributed by atoms with van der Waals surface area (Å²) in [6.45, 7) is 7.01. The highest BCUT2D eigenvalue weighted by Crippen LogP contribution is 2.23. The average molecular weight is 257 g/mol. The second kappa shape index (κ2) is 5.59. The van der Waals surface area contributed by atoms with Crippen LogP contribution in [-0.2, 0) is 14.3 Å². The van der Waals surface area contributed by atoms with E-state index in [1.54, 1.807) is 34.7 Å². The Morgan fingerprint density at radius 3 is 2.22 bits per heavy atom. The number of hydrogen-bond acceptors (Lipinski definition) is 4. The highest BCUT2D eigenvalue weighted by molar-refractivity contribution is 5.81. The number of rotatable bonds is 3. The lowest BCUT2D eigenvalue weighted by Gasteiger charge is -2.30. The van der Waals surface area contributed by atoms with E-state index in [9.17, 15) is 9.59 Å². The van der Waals surface area contributed by atoms with E-state index < -0.39 is 17.7 Å². The minimum atomic E-state index is -0.625. The van der Waals surface area contributed by atoms with Gasteiger partial charge in [0.1, 0.15) is 17.7 Å². The van der Waals surface area contributed by atoms with Crippen LogP contribution in [0.25, 0.3) is 0 Å². The third kappa shape index (κ3) is 4.20. The topological polar surface area (TPSA) is 55.8 Å². The lowest BCUT2D eigenvalue weighted by molar-refractivity contribution is -0.158. The molecule has 0 radical (unpaired) electrons. The molecule has 0 N–H and O–H groups in total. The van der Waals surface area contributed by atoms with Gasteiger partial charge in [-0.2, -0.15) is 0 Å². The fraction of sp³-hybridized carbons (Fsp3) is 0.846. The fourth-order valence-corrected chi connectivity index (χ4v) is 1.40. The maximum absolute atomic E-state index is 11.8. The molecule has 0 aromatic rings. The molecule has 1 fully saturated rings. The maximum atomic E-state index is 11.8. The van der Waals surface area contributed by atoms with Crippen molar-refractivity contribution in [2.24, 2.45) is 0 Å². The third-order valence-corrected chi connectivity index (χ3v) is 2.94. The van der Waals surface area contributed by atoms with Crippen LogP contribution >= 0.6 is 0 Å².